The summed E-state index contributed by atoms with van der Waals surface area (Å²) < 4.78 is 0. The molecule has 176 valence electrons. The van der Waals surface area contributed by atoms with Gasteiger partial charge in [0, 0.05) is 26.0 Å². The van der Waals surface area contributed by atoms with Crippen molar-refractivity contribution in [2.45, 2.75) is 42.4 Å². The number of allylic oxidation sites excluding steroid dienone is 11. The van der Waals surface area contributed by atoms with Gasteiger partial charge in [0.25, 0.3) is 0 Å². The van der Waals surface area contributed by atoms with E-state index >= 15 is 0 Å². The maximum atomic E-state index is 4.59. The molecule has 0 aromatic heterocycles. The molecule has 1 aliphatic heterocycles. The summed E-state index contributed by atoms with van der Waals surface area (Å²) in [5.74, 6) is 0. The van der Waals surface area contributed by atoms with Crippen molar-refractivity contribution in [3.63, 3.8) is 0 Å². The normalized spacial score (nSPS) is 15.1. The lowest BCUT2D eigenvalue weighted by Crippen LogP contribution is -2.03. The number of rotatable bonds is 9. The first-order valence-corrected chi connectivity index (χ1v) is 13.6. The lowest BCUT2D eigenvalue weighted by Gasteiger charge is -2.28. The minimum Gasteiger partial charge on any atom is -0.0991 e. The lowest BCUT2D eigenvalue weighted by molar-refractivity contribution is 0.976. The average Bonchev–Trinajstić information content (AvgIpc) is 2.89. The summed E-state index contributed by atoms with van der Waals surface area (Å²) in [6.45, 7) is 19.3. The number of aryl methyl sites for hydroxylation is 1. The second-order valence-corrected chi connectivity index (χ2v) is 10.9. The van der Waals surface area contributed by atoms with Gasteiger partial charge in [-0.3, -0.25) is 0 Å². The fraction of sp³-hybridized carbons (Fsp3) is 0.152. The van der Waals surface area contributed by atoms with Crippen molar-refractivity contribution in [3.8, 4) is 11.1 Å². The summed E-state index contributed by atoms with van der Waals surface area (Å²) in [4.78, 5) is 5.24. The standard InChI is InChI=1S/C33H32S2/c1-6-7-10-15-23(2)25(4)22-30-32(26(5)27-16-11-8-12-17-27)35-33-29(28-18-13-9-14-19-28)21-20-24(3)31(33)34-30/h6-11,13-14,16,18-21H,1-2,4-5,12,15,17,22H2,3H3/b10-7-. The lowest BCUT2D eigenvalue weighted by atomic mass is 9.96. The zero-order chi connectivity index (χ0) is 24.8. The third-order valence-corrected chi connectivity index (χ3v) is 9.17. The minimum absolute atomic E-state index is 0.782. The van der Waals surface area contributed by atoms with Gasteiger partial charge in [-0.15, -0.1) is 0 Å². The van der Waals surface area contributed by atoms with Crippen LogP contribution in [0.3, 0.4) is 0 Å². The van der Waals surface area contributed by atoms with Gasteiger partial charge in [-0.25, -0.2) is 0 Å². The van der Waals surface area contributed by atoms with Crippen LogP contribution < -0.4 is 0 Å². The molecule has 0 amide bonds. The summed E-state index contributed by atoms with van der Waals surface area (Å²) in [6, 6.07) is 15.2. The molecule has 35 heavy (non-hydrogen) atoms. The van der Waals surface area contributed by atoms with Crippen LogP contribution in [-0.2, 0) is 0 Å². The van der Waals surface area contributed by atoms with E-state index in [1.165, 1.54) is 41.9 Å². The van der Waals surface area contributed by atoms with Crippen molar-refractivity contribution < 1.29 is 0 Å². The van der Waals surface area contributed by atoms with Gasteiger partial charge >= 0.3 is 0 Å². The topological polar surface area (TPSA) is 0 Å². The highest BCUT2D eigenvalue weighted by Crippen LogP contribution is 2.55. The third-order valence-electron chi connectivity index (χ3n) is 6.26. The van der Waals surface area contributed by atoms with Crippen molar-refractivity contribution in [2.75, 3.05) is 0 Å². The molecule has 1 aliphatic carbocycles. The zero-order valence-electron chi connectivity index (χ0n) is 20.5. The van der Waals surface area contributed by atoms with Gasteiger partial charge in [0.2, 0.25) is 0 Å². The quantitative estimate of drug-likeness (QED) is 0.319. The van der Waals surface area contributed by atoms with E-state index in [0.29, 0.717) is 0 Å². The van der Waals surface area contributed by atoms with Crippen LogP contribution in [0.15, 0.2) is 147 Å². The first-order chi connectivity index (χ1) is 17.0. The molecule has 2 aromatic rings. The van der Waals surface area contributed by atoms with Crippen molar-refractivity contribution >= 4 is 23.5 Å². The van der Waals surface area contributed by atoms with Crippen molar-refractivity contribution in [1.29, 1.82) is 0 Å². The highest BCUT2D eigenvalue weighted by molar-refractivity contribution is 8.09. The van der Waals surface area contributed by atoms with Crippen molar-refractivity contribution in [2.24, 2.45) is 0 Å². The molecule has 2 heteroatoms. The van der Waals surface area contributed by atoms with Crippen molar-refractivity contribution in [1.82, 2.24) is 0 Å². The van der Waals surface area contributed by atoms with Gasteiger partial charge in [-0.1, -0.05) is 129 Å². The van der Waals surface area contributed by atoms with E-state index in [-0.39, 0.29) is 0 Å². The summed E-state index contributed by atoms with van der Waals surface area (Å²) in [6.07, 6.45) is 16.1. The molecule has 2 aromatic carbocycles. The number of hydrogen-bond donors (Lipinski definition) is 0. The smallest absolute Gasteiger partial charge is 0.0343 e. The van der Waals surface area contributed by atoms with Crippen LogP contribution in [0.25, 0.3) is 11.1 Å². The van der Waals surface area contributed by atoms with E-state index < -0.39 is 0 Å². The Morgan fingerprint density at radius 2 is 1.77 bits per heavy atom. The fourth-order valence-corrected chi connectivity index (χ4v) is 7.01. The van der Waals surface area contributed by atoms with Gasteiger partial charge < -0.3 is 0 Å². The Balaban J connectivity index is 1.75. The van der Waals surface area contributed by atoms with E-state index in [2.05, 4.69) is 100 Å². The number of fused-ring (bicyclic) bond motifs is 1. The Morgan fingerprint density at radius 1 is 0.971 bits per heavy atom. The summed E-state index contributed by atoms with van der Waals surface area (Å²) in [5.41, 5.74) is 8.43. The van der Waals surface area contributed by atoms with E-state index in [1.807, 2.05) is 29.6 Å². The molecule has 0 radical (unpaired) electrons. The highest BCUT2D eigenvalue weighted by Gasteiger charge is 2.27. The molecular formula is C33H32S2. The molecule has 1 heterocycles. The highest BCUT2D eigenvalue weighted by atomic mass is 32.2. The van der Waals surface area contributed by atoms with Gasteiger partial charge in [0.05, 0.1) is 0 Å². The van der Waals surface area contributed by atoms with Gasteiger partial charge in [-0.2, -0.15) is 0 Å². The zero-order valence-corrected chi connectivity index (χ0v) is 22.1. The molecule has 0 saturated heterocycles. The molecule has 0 N–H and O–H groups in total. The molecular weight excluding hydrogens is 460 g/mol. The largest absolute Gasteiger partial charge is 0.0991 e. The Hall–Kier alpha value is -2.94. The van der Waals surface area contributed by atoms with Crippen LogP contribution in [0.2, 0.25) is 0 Å². The second kappa shape index (κ2) is 11.7. The summed E-state index contributed by atoms with van der Waals surface area (Å²) in [7, 11) is 0. The van der Waals surface area contributed by atoms with Crippen LogP contribution in [0.4, 0.5) is 0 Å². The predicted octanol–water partition coefficient (Wildman–Crippen LogP) is 10.5. The third kappa shape index (κ3) is 5.83. The molecule has 0 spiro atoms. The molecule has 0 atom stereocenters. The van der Waals surface area contributed by atoms with Crippen LogP contribution in [0, 0.1) is 6.92 Å². The van der Waals surface area contributed by atoms with E-state index in [1.54, 1.807) is 6.08 Å². The van der Waals surface area contributed by atoms with Crippen molar-refractivity contribution in [3.05, 3.63) is 143 Å². The summed E-state index contributed by atoms with van der Waals surface area (Å²) in [5, 5.41) is 0. The van der Waals surface area contributed by atoms with Crippen LogP contribution in [0.5, 0.6) is 0 Å². The number of hydrogen-bond acceptors (Lipinski definition) is 2. The predicted molar refractivity (Wildman–Crippen MR) is 158 cm³/mol. The molecule has 0 fully saturated rings. The first-order valence-electron chi connectivity index (χ1n) is 12.0. The minimum atomic E-state index is 0.782. The SMILES string of the molecule is C=C/C=C\CC(=C)C(=C)CC1=C(C(=C)C2=CC=CCC2)Sc2c(-c3ccccc3)ccc(C)c2S1. The van der Waals surface area contributed by atoms with Crippen LogP contribution in [0.1, 0.15) is 31.2 Å². The van der Waals surface area contributed by atoms with E-state index in [4.69, 9.17) is 0 Å². The second-order valence-electron chi connectivity index (χ2n) is 8.80. The van der Waals surface area contributed by atoms with Crippen LogP contribution >= 0.6 is 23.5 Å². The molecule has 0 unspecified atom stereocenters. The Labute approximate surface area is 219 Å². The van der Waals surface area contributed by atoms with Gasteiger partial charge in [-0.05, 0) is 65.2 Å². The first kappa shape index (κ1) is 25.2. The monoisotopic (exact) mass is 492 g/mol. The maximum absolute atomic E-state index is 4.59. The Morgan fingerprint density at radius 3 is 2.49 bits per heavy atom. The fourth-order valence-electron chi connectivity index (χ4n) is 4.18. The molecule has 4 rings (SSSR count). The average molecular weight is 493 g/mol. The molecule has 0 bridgehead atoms. The molecule has 2 aliphatic rings. The Kier molecular flexibility index (Phi) is 8.38. The van der Waals surface area contributed by atoms with Gasteiger partial charge in [0.15, 0.2) is 0 Å². The summed E-state index contributed by atoms with van der Waals surface area (Å²) >= 11 is 3.76. The van der Waals surface area contributed by atoms with Gasteiger partial charge in [0.1, 0.15) is 0 Å². The Bertz CT molecular complexity index is 1300. The molecule has 0 nitrogen and oxygen atoms in total. The van der Waals surface area contributed by atoms with Crippen LogP contribution in [-0.4, -0.2) is 0 Å². The molecule has 0 saturated carbocycles. The number of thioether (sulfide) groups is 2. The number of benzene rings is 2. The van der Waals surface area contributed by atoms with E-state index in [9.17, 15) is 0 Å². The van der Waals surface area contributed by atoms with E-state index in [0.717, 1.165) is 42.4 Å². The maximum Gasteiger partial charge on any atom is 0.0343 e.